The lowest BCUT2D eigenvalue weighted by atomic mass is 9.89. The van der Waals surface area contributed by atoms with Crippen molar-refractivity contribution < 1.29 is 14.3 Å². The summed E-state index contributed by atoms with van der Waals surface area (Å²) in [7, 11) is 0. The zero-order valence-corrected chi connectivity index (χ0v) is 15.2. The summed E-state index contributed by atoms with van der Waals surface area (Å²) in [5.41, 5.74) is 4.41. The van der Waals surface area contributed by atoms with Crippen molar-refractivity contribution >= 4 is 5.91 Å². The summed E-state index contributed by atoms with van der Waals surface area (Å²) in [5.74, 6) is 1.73. The highest BCUT2D eigenvalue weighted by Gasteiger charge is 2.26. The minimum absolute atomic E-state index is 0.0851. The van der Waals surface area contributed by atoms with Crippen LogP contribution in [0, 0.1) is 0 Å². The smallest absolute Gasteiger partial charge is 0.253 e. The van der Waals surface area contributed by atoms with Gasteiger partial charge in [-0.1, -0.05) is 12.1 Å². The third kappa shape index (κ3) is 2.92. The van der Waals surface area contributed by atoms with E-state index >= 15 is 0 Å². The maximum atomic E-state index is 12.5. The van der Waals surface area contributed by atoms with E-state index < -0.39 is 0 Å². The lowest BCUT2D eigenvalue weighted by Crippen LogP contribution is -2.31. The summed E-state index contributed by atoms with van der Waals surface area (Å²) in [4.78, 5) is 14.3. The zero-order chi connectivity index (χ0) is 18.1. The average Bonchev–Trinajstić information content (AvgIpc) is 3.14. The van der Waals surface area contributed by atoms with Crippen LogP contribution in [-0.2, 0) is 6.42 Å². The molecule has 4 rings (SSSR count). The topological polar surface area (TPSA) is 50.8 Å². The van der Waals surface area contributed by atoms with E-state index in [0.29, 0.717) is 6.79 Å². The average molecular weight is 352 g/mol. The maximum Gasteiger partial charge on any atom is 0.253 e. The number of rotatable bonds is 4. The fraction of sp³-hybridized carbons (Fsp3) is 0.381. The predicted molar refractivity (Wildman–Crippen MR) is 99.8 cm³/mol. The van der Waals surface area contributed by atoms with Gasteiger partial charge in [0, 0.05) is 25.2 Å². The first kappa shape index (κ1) is 16.9. The van der Waals surface area contributed by atoms with Crippen LogP contribution in [0.15, 0.2) is 36.4 Å². The number of fused-ring (bicyclic) bond motifs is 2. The van der Waals surface area contributed by atoms with Crippen molar-refractivity contribution in [2.45, 2.75) is 26.3 Å². The van der Waals surface area contributed by atoms with Crippen LogP contribution in [0.5, 0.6) is 11.5 Å². The van der Waals surface area contributed by atoms with E-state index in [1.165, 1.54) is 11.1 Å². The monoisotopic (exact) mass is 352 g/mol. The summed E-state index contributed by atoms with van der Waals surface area (Å²) in [6.07, 6.45) is 0.973. The van der Waals surface area contributed by atoms with Gasteiger partial charge in [-0.3, -0.25) is 4.79 Å². The highest BCUT2D eigenvalue weighted by atomic mass is 16.7. The molecule has 0 saturated heterocycles. The normalized spacial score (nSPS) is 17.7. The summed E-state index contributed by atoms with van der Waals surface area (Å²) < 4.78 is 11.1. The summed E-state index contributed by atoms with van der Waals surface area (Å²) >= 11 is 0. The molecule has 5 nitrogen and oxygen atoms in total. The molecular formula is C21H24N2O3. The molecule has 0 aliphatic carbocycles. The van der Waals surface area contributed by atoms with E-state index in [1.807, 2.05) is 43.0 Å². The molecule has 2 aliphatic heterocycles. The molecule has 0 radical (unpaired) electrons. The molecule has 0 spiro atoms. The van der Waals surface area contributed by atoms with Crippen molar-refractivity contribution in [3.05, 3.63) is 58.7 Å². The number of carbonyl (C=O) groups is 1. The van der Waals surface area contributed by atoms with Crippen LogP contribution in [-0.4, -0.2) is 37.2 Å². The zero-order valence-electron chi connectivity index (χ0n) is 15.2. The van der Waals surface area contributed by atoms with Gasteiger partial charge in [0.1, 0.15) is 0 Å². The van der Waals surface area contributed by atoms with Gasteiger partial charge >= 0.3 is 0 Å². The molecule has 5 heteroatoms. The molecule has 136 valence electrons. The van der Waals surface area contributed by atoms with Crippen molar-refractivity contribution in [3.63, 3.8) is 0 Å². The Labute approximate surface area is 153 Å². The lowest BCUT2D eigenvalue weighted by molar-refractivity contribution is 0.0773. The lowest BCUT2D eigenvalue weighted by Gasteiger charge is -2.28. The fourth-order valence-corrected chi connectivity index (χ4v) is 3.76. The molecule has 26 heavy (non-hydrogen) atoms. The van der Waals surface area contributed by atoms with Crippen molar-refractivity contribution in [2.24, 2.45) is 0 Å². The number of hydrogen-bond acceptors (Lipinski definition) is 4. The Morgan fingerprint density at radius 2 is 1.81 bits per heavy atom. The van der Waals surface area contributed by atoms with E-state index in [9.17, 15) is 4.79 Å². The van der Waals surface area contributed by atoms with Crippen molar-refractivity contribution in [1.82, 2.24) is 10.2 Å². The summed E-state index contributed by atoms with van der Waals surface area (Å²) in [5, 5.41) is 3.58. The van der Waals surface area contributed by atoms with Crippen LogP contribution in [0.1, 0.15) is 46.9 Å². The van der Waals surface area contributed by atoms with Crippen LogP contribution in [0.4, 0.5) is 0 Å². The molecule has 2 aromatic rings. The van der Waals surface area contributed by atoms with Crippen LogP contribution < -0.4 is 14.8 Å². The largest absolute Gasteiger partial charge is 0.454 e. The molecular weight excluding hydrogens is 328 g/mol. The first-order valence-electron chi connectivity index (χ1n) is 9.26. The van der Waals surface area contributed by atoms with Gasteiger partial charge in [-0.05, 0) is 61.2 Å². The quantitative estimate of drug-likeness (QED) is 0.918. The van der Waals surface area contributed by atoms with Crippen molar-refractivity contribution in [2.75, 3.05) is 26.4 Å². The van der Waals surface area contributed by atoms with Gasteiger partial charge in [-0.15, -0.1) is 0 Å². The highest BCUT2D eigenvalue weighted by molar-refractivity contribution is 5.94. The van der Waals surface area contributed by atoms with E-state index in [1.54, 1.807) is 0 Å². The van der Waals surface area contributed by atoms with Gasteiger partial charge in [-0.25, -0.2) is 0 Å². The molecule has 1 unspecified atom stereocenters. The van der Waals surface area contributed by atoms with Gasteiger partial charge < -0.3 is 19.7 Å². The Balaban J connectivity index is 1.62. The Bertz CT molecular complexity index is 813. The molecule has 2 aliphatic rings. The minimum Gasteiger partial charge on any atom is -0.454 e. The van der Waals surface area contributed by atoms with Crippen molar-refractivity contribution in [3.8, 4) is 11.5 Å². The first-order chi connectivity index (χ1) is 12.7. The second-order valence-electron chi connectivity index (χ2n) is 6.64. The fourth-order valence-electron chi connectivity index (χ4n) is 3.76. The molecule has 0 aromatic heterocycles. The van der Waals surface area contributed by atoms with Crippen LogP contribution in [0.25, 0.3) is 0 Å². The van der Waals surface area contributed by atoms with Gasteiger partial charge in [0.2, 0.25) is 6.79 Å². The molecule has 1 atom stereocenters. The number of nitrogens with zero attached hydrogens (tertiary/aromatic N) is 1. The maximum absolute atomic E-state index is 12.5. The van der Waals surface area contributed by atoms with Crippen LogP contribution >= 0.6 is 0 Å². The second-order valence-corrected chi connectivity index (χ2v) is 6.64. The predicted octanol–water partition coefficient (Wildman–Crippen LogP) is 3.13. The van der Waals surface area contributed by atoms with Gasteiger partial charge in [0.15, 0.2) is 11.5 Å². The Morgan fingerprint density at radius 3 is 2.50 bits per heavy atom. The number of benzene rings is 2. The highest BCUT2D eigenvalue weighted by Crippen LogP contribution is 2.39. The van der Waals surface area contributed by atoms with E-state index in [4.69, 9.17) is 9.47 Å². The van der Waals surface area contributed by atoms with Gasteiger partial charge in [-0.2, -0.15) is 0 Å². The molecule has 1 amide bonds. The summed E-state index contributed by atoms with van der Waals surface area (Å²) in [6, 6.07) is 12.2. The third-order valence-electron chi connectivity index (χ3n) is 5.23. The first-order valence-corrected chi connectivity index (χ1v) is 9.26. The third-order valence-corrected chi connectivity index (χ3v) is 5.23. The molecule has 1 N–H and O–H groups in total. The van der Waals surface area contributed by atoms with E-state index in [-0.39, 0.29) is 11.9 Å². The standard InChI is InChI=1S/C21H24N2O3/c1-3-23(4-2)21(24)15-7-5-14(6-8-15)20-17-12-19-18(25-13-26-19)11-16(17)9-10-22-20/h5-8,11-12,20,22H,3-4,9-10,13H2,1-2H3. The second kappa shape index (κ2) is 7.00. The Hall–Kier alpha value is -2.53. The number of ether oxygens (including phenoxy) is 2. The number of amides is 1. The SMILES string of the molecule is CCN(CC)C(=O)c1ccc(C2NCCc3cc4c(cc32)OCO4)cc1. The number of hydrogen-bond donors (Lipinski definition) is 1. The molecule has 0 fully saturated rings. The number of carbonyl (C=O) groups excluding carboxylic acids is 1. The van der Waals surface area contributed by atoms with Gasteiger partial charge in [0.25, 0.3) is 5.91 Å². The van der Waals surface area contributed by atoms with E-state index in [2.05, 4.69) is 17.4 Å². The minimum atomic E-state index is 0.0851. The molecule has 0 bridgehead atoms. The van der Waals surface area contributed by atoms with Gasteiger partial charge in [0.05, 0.1) is 6.04 Å². The number of nitrogens with one attached hydrogen (secondary N) is 1. The summed E-state index contributed by atoms with van der Waals surface area (Å²) in [6.45, 7) is 6.66. The van der Waals surface area contributed by atoms with E-state index in [0.717, 1.165) is 48.7 Å². The Kier molecular flexibility index (Phi) is 4.55. The Morgan fingerprint density at radius 1 is 1.12 bits per heavy atom. The van der Waals surface area contributed by atoms with Crippen molar-refractivity contribution in [1.29, 1.82) is 0 Å². The van der Waals surface area contributed by atoms with Crippen LogP contribution in [0.3, 0.4) is 0 Å². The molecule has 0 saturated carbocycles. The molecule has 2 heterocycles. The van der Waals surface area contributed by atoms with Crippen LogP contribution in [0.2, 0.25) is 0 Å². The molecule has 2 aromatic carbocycles.